The number of rotatable bonds is 8. The Morgan fingerprint density at radius 3 is 2.25 bits per heavy atom. The van der Waals surface area contributed by atoms with Gasteiger partial charge in [0.1, 0.15) is 5.75 Å². The van der Waals surface area contributed by atoms with Crippen LogP contribution in [0.3, 0.4) is 0 Å². The standard InChI is InChI=1S/C21H24N2O5/c1-3-5-9-19(24)22-16-7-6-8-17(14-16)23-20(25)15-10-12-18(13-11-15)28-21(26)27-4-2/h6-8,10-14H,3-5,9H2,1-2H3,(H,22,24)(H,23,25). The van der Waals surface area contributed by atoms with Crippen molar-refractivity contribution in [3.63, 3.8) is 0 Å². The fourth-order valence-electron chi connectivity index (χ4n) is 2.36. The molecule has 0 bridgehead atoms. The molecule has 0 saturated heterocycles. The third kappa shape index (κ3) is 6.75. The van der Waals surface area contributed by atoms with E-state index in [0.717, 1.165) is 12.8 Å². The first-order valence-electron chi connectivity index (χ1n) is 9.17. The highest BCUT2D eigenvalue weighted by Crippen LogP contribution is 2.18. The number of amides is 2. The summed E-state index contributed by atoms with van der Waals surface area (Å²) in [6.07, 6.45) is 1.45. The number of unbranched alkanes of at least 4 members (excludes halogenated alkanes) is 1. The lowest BCUT2D eigenvalue weighted by atomic mass is 10.2. The highest BCUT2D eigenvalue weighted by Gasteiger charge is 2.09. The van der Waals surface area contributed by atoms with Gasteiger partial charge in [-0.2, -0.15) is 0 Å². The molecule has 0 fully saturated rings. The molecular weight excluding hydrogens is 360 g/mol. The molecule has 0 saturated carbocycles. The van der Waals surface area contributed by atoms with E-state index in [1.54, 1.807) is 43.3 Å². The van der Waals surface area contributed by atoms with Gasteiger partial charge in [-0.25, -0.2) is 4.79 Å². The Kier molecular flexibility index (Phi) is 8.02. The van der Waals surface area contributed by atoms with E-state index in [1.807, 2.05) is 6.92 Å². The molecule has 0 spiro atoms. The van der Waals surface area contributed by atoms with E-state index in [-0.39, 0.29) is 24.2 Å². The molecule has 0 aromatic heterocycles. The third-order valence-electron chi connectivity index (χ3n) is 3.74. The van der Waals surface area contributed by atoms with Gasteiger partial charge < -0.3 is 20.1 Å². The summed E-state index contributed by atoms with van der Waals surface area (Å²) in [4.78, 5) is 35.5. The zero-order valence-electron chi connectivity index (χ0n) is 16.0. The Morgan fingerprint density at radius 2 is 1.61 bits per heavy atom. The molecular formula is C21H24N2O5. The maximum atomic E-state index is 12.4. The number of carbonyl (C=O) groups excluding carboxylic acids is 3. The van der Waals surface area contributed by atoms with Crippen LogP contribution in [0.2, 0.25) is 0 Å². The van der Waals surface area contributed by atoms with Gasteiger partial charge in [0.05, 0.1) is 6.61 Å². The SMILES string of the molecule is CCCCC(=O)Nc1cccc(NC(=O)c2ccc(OC(=O)OCC)cc2)c1. The van der Waals surface area contributed by atoms with Crippen molar-refractivity contribution in [1.29, 1.82) is 0 Å². The van der Waals surface area contributed by atoms with E-state index < -0.39 is 6.16 Å². The average Bonchev–Trinajstić information content (AvgIpc) is 2.67. The number of hydrogen-bond donors (Lipinski definition) is 2. The molecule has 0 aliphatic carbocycles. The number of anilines is 2. The molecule has 2 aromatic rings. The normalized spacial score (nSPS) is 10.1. The Hall–Kier alpha value is -3.35. The van der Waals surface area contributed by atoms with Crippen LogP contribution in [0.4, 0.5) is 16.2 Å². The van der Waals surface area contributed by atoms with Crippen molar-refractivity contribution < 1.29 is 23.9 Å². The predicted octanol–water partition coefficient (Wildman–Crippen LogP) is 4.60. The Morgan fingerprint density at radius 1 is 0.929 bits per heavy atom. The number of ether oxygens (including phenoxy) is 2. The molecule has 28 heavy (non-hydrogen) atoms. The molecule has 2 N–H and O–H groups in total. The summed E-state index contributed by atoms with van der Waals surface area (Å²) in [7, 11) is 0. The van der Waals surface area contributed by atoms with Crippen molar-refractivity contribution in [1.82, 2.24) is 0 Å². The second-order valence-electron chi connectivity index (χ2n) is 6.00. The predicted molar refractivity (Wildman–Crippen MR) is 107 cm³/mol. The van der Waals surface area contributed by atoms with Gasteiger partial charge in [-0.3, -0.25) is 9.59 Å². The van der Waals surface area contributed by atoms with E-state index >= 15 is 0 Å². The molecule has 0 radical (unpaired) electrons. The summed E-state index contributed by atoms with van der Waals surface area (Å²) >= 11 is 0. The van der Waals surface area contributed by atoms with Gasteiger partial charge in [-0.15, -0.1) is 0 Å². The monoisotopic (exact) mass is 384 g/mol. The second kappa shape index (κ2) is 10.7. The van der Waals surface area contributed by atoms with E-state index in [0.29, 0.717) is 23.4 Å². The van der Waals surface area contributed by atoms with Crippen molar-refractivity contribution in [2.24, 2.45) is 0 Å². The minimum absolute atomic E-state index is 0.0532. The van der Waals surface area contributed by atoms with Gasteiger partial charge in [-0.1, -0.05) is 19.4 Å². The first-order valence-corrected chi connectivity index (χ1v) is 9.17. The van der Waals surface area contributed by atoms with Crippen LogP contribution in [0.25, 0.3) is 0 Å². The minimum Gasteiger partial charge on any atom is -0.434 e. The second-order valence-corrected chi connectivity index (χ2v) is 6.00. The maximum absolute atomic E-state index is 12.4. The van der Waals surface area contributed by atoms with Gasteiger partial charge in [0.15, 0.2) is 0 Å². The molecule has 2 aromatic carbocycles. The first kappa shape index (κ1) is 21.0. The smallest absolute Gasteiger partial charge is 0.434 e. The molecule has 7 nitrogen and oxygen atoms in total. The molecule has 0 heterocycles. The van der Waals surface area contributed by atoms with E-state index in [4.69, 9.17) is 9.47 Å². The van der Waals surface area contributed by atoms with Gasteiger partial charge in [0.25, 0.3) is 5.91 Å². The van der Waals surface area contributed by atoms with Crippen molar-refractivity contribution >= 4 is 29.3 Å². The summed E-state index contributed by atoms with van der Waals surface area (Å²) < 4.78 is 9.65. The van der Waals surface area contributed by atoms with Gasteiger partial charge in [0, 0.05) is 23.4 Å². The fourth-order valence-corrected chi connectivity index (χ4v) is 2.36. The van der Waals surface area contributed by atoms with E-state index in [9.17, 15) is 14.4 Å². The number of carbonyl (C=O) groups is 3. The molecule has 0 atom stereocenters. The zero-order valence-corrected chi connectivity index (χ0v) is 16.0. The minimum atomic E-state index is -0.794. The molecule has 2 amide bonds. The molecule has 0 unspecified atom stereocenters. The van der Waals surface area contributed by atoms with Crippen LogP contribution in [-0.4, -0.2) is 24.6 Å². The lowest BCUT2D eigenvalue weighted by Crippen LogP contribution is -2.14. The quantitative estimate of drug-likeness (QED) is 0.512. The van der Waals surface area contributed by atoms with Crippen LogP contribution in [0.15, 0.2) is 48.5 Å². The number of nitrogens with one attached hydrogen (secondary N) is 2. The van der Waals surface area contributed by atoms with Crippen LogP contribution in [0.1, 0.15) is 43.5 Å². The molecule has 0 aliphatic rings. The Bertz CT molecular complexity index is 818. The summed E-state index contributed by atoms with van der Waals surface area (Å²) in [5.41, 5.74) is 1.58. The maximum Gasteiger partial charge on any atom is 0.513 e. The van der Waals surface area contributed by atoms with E-state index in [2.05, 4.69) is 10.6 Å². The van der Waals surface area contributed by atoms with E-state index in [1.165, 1.54) is 12.1 Å². The summed E-state index contributed by atoms with van der Waals surface area (Å²) in [6.45, 7) is 3.93. The highest BCUT2D eigenvalue weighted by molar-refractivity contribution is 6.04. The zero-order chi connectivity index (χ0) is 20.4. The molecule has 2 rings (SSSR count). The van der Waals surface area contributed by atoms with Crippen LogP contribution in [-0.2, 0) is 9.53 Å². The largest absolute Gasteiger partial charge is 0.513 e. The van der Waals surface area contributed by atoms with Crippen LogP contribution in [0, 0.1) is 0 Å². The number of hydrogen-bond acceptors (Lipinski definition) is 5. The summed E-state index contributed by atoms with van der Waals surface area (Å²) in [6, 6.07) is 13.0. The van der Waals surface area contributed by atoms with Crippen molar-refractivity contribution in [3.8, 4) is 5.75 Å². The van der Waals surface area contributed by atoms with Crippen LogP contribution in [0.5, 0.6) is 5.75 Å². The van der Waals surface area contributed by atoms with Gasteiger partial charge >= 0.3 is 6.16 Å². The first-order chi connectivity index (χ1) is 13.5. The van der Waals surface area contributed by atoms with Crippen molar-refractivity contribution in [2.75, 3.05) is 17.2 Å². The topological polar surface area (TPSA) is 93.7 Å². The average molecular weight is 384 g/mol. The fraction of sp³-hybridized carbons (Fsp3) is 0.286. The Labute approximate surface area is 164 Å². The van der Waals surface area contributed by atoms with Crippen LogP contribution >= 0.6 is 0 Å². The highest BCUT2D eigenvalue weighted by atomic mass is 16.7. The number of benzene rings is 2. The van der Waals surface area contributed by atoms with Gasteiger partial charge in [-0.05, 0) is 55.8 Å². The summed E-state index contributed by atoms with van der Waals surface area (Å²) in [5, 5.41) is 5.59. The van der Waals surface area contributed by atoms with Crippen molar-refractivity contribution in [3.05, 3.63) is 54.1 Å². The molecule has 0 aliphatic heterocycles. The Balaban J connectivity index is 1.96. The third-order valence-corrected chi connectivity index (χ3v) is 3.74. The molecule has 148 valence electrons. The molecule has 7 heteroatoms. The van der Waals surface area contributed by atoms with Crippen molar-refractivity contribution in [2.45, 2.75) is 33.1 Å². The summed E-state index contributed by atoms with van der Waals surface area (Å²) in [5.74, 6) is -0.0913. The lowest BCUT2D eigenvalue weighted by molar-refractivity contribution is -0.116. The van der Waals surface area contributed by atoms with Gasteiger partial charge in [0.2, 0.25) is 5.91 Å². The van der Waals surface area contributed by atoms with Crippen LogP contribution < -0.4 is 15.4 Å². The lowest BCUT2D eigenvalue weighted by Gasteiger charge is -2.09.